The number of nitrogens with zero attached hydrogens (tertiary/aromatic N) is 4. The summed E-state index contributed by atoms with van der Waals surface area (Å²) in [5.74, 6) is 0.572. The number of hydrogen-bond acceptors (Lipinski definition) is 5. The molecule has 2 aromatic rings. The lowest BCUT2D eigenvalue weighted by Crippen LogP contribution is -2.10. The molecule has 0 radical (unpaired) electrons. The molecular formula is C10H14N6. The van der Waals surface area contributed by atoms with Gasteiger partial charge in [-0.05, 0) is 19.9 Å². The molecule has 0 aliphatic heterocycles. The molecule has 0 saturated carbocycles. The fourth-order valence-electron chi connectivity index (χ4n) is 1.26. The quantitative estimate of drug-likeness (QED) is 0.795. The van der Waals surface area contributed by atoms with E-state index in [1.807, 2.05) is 19.9 Å². The summed E-state index contributed by atoms with van der Waals surface area (Å²) in [5.41, 5.74) is 2.85. The first-order valence-electron chi connectivity index (χ1n) is 5.16. The summed E-state index contributed by atoms with van der Waals surface area (Å²) in [6.45, 7) is 4.57. The van der Waals surface area contributed by atoms with E-state index in [9.17, 15) is 0 Å². The van der Waals surface area contributed by atoms with Gasteiger partial charge in [0.2, 0.25) is 5.95 Å². The summed E-state index contributed by atoms with van der Waals surface area (Å²) in [5, 5.41) is 17.9. The van der Waals surface area contributed by atoms with Crippen LogP contribution in [0.2, 0.25) is 0 Å². The first-order chi connectivity index (χ1) is 7.75. The molecular weight excluding hydrogens is 204 g/mol. The topological polar surface area (TPSA) is 79.4 Å². The Morgan fingerprint density at radius 2 is 2.12 bits per heavy atom. The van der Waals surface area contributed by atoms with Gasteiger partial charge < -0.3 is 5.32 Å². The second-order valence-corrected chi connectivity index (χ2v) is 3.56. The predicted molar refractivity (Wildman–Crippen MR) is 60.1 cm³/mol. The molecule has 6 heteroatoms. The van der Waals surface area contributed by atoms with Crippen molar-refractivity contribution >= 4 is 5.95 Å². The number of hydrogen-bond donors (Lipinski definition) is 2. The summed E-state index contributed by atoms with van der Waals surface area (Å²) in [7, 11) is 0. The van der Waals surface area contributed by atoms with Crippen LogP contribution in [0.25, 0.3) is 0 Å². The molecule has 2 aromatic heterocycles. The third-order valence-electron chi connectivity index (χ3n) is 2.33. The van der Waals surface area contributed by atoms with E-state index in [0.29, 0.717) is 5.95 Å². The van der Waals surface area contributed by atoms with E-state index >= 15 is 0 Å². The molecule has 6 nitrogen and oxygen atoms in total. The van der Waals surface area contributed by atoms with Crippen LogP contribution >= 0.6 is 0 Å². The smallest absolute Gasteiger partial charge is 0.242 e. The average Bonchev–Trinajstić information content (AvgIpc) is 2.76. The molecule has 0 fully saturated rings. The van der Waals surface area contributed by atoms with Gasteiger partial charge in [-0.2, -0.15) is 10.2 Å². The molecule has 0 amide bonds. The number of H-pyrrole nitrogens is 1. The van der Waals surface area contributed by atoms with Gasteiger partial charge in [-0.25, -0.2) is 4.98 Å². The number of anilines is 1. The molecule has 84 valence electrons. The molecule has 2 N–H and O–H groups in total. The molecule has 0 aromatic carbocycles. The highest BCUT2D eigenvalue weighted by molar-refractivity contribution is 5.24. The van der Waals surface area contributed by atoms with Crippen LogP contribution < -0.4 is 5.32 Å². The normalized spacial score (nSPS) is 10.4. The van der Waals surface area contributed by atoms with Crippen molar-refractivity contribution in [3.8, 4) is 0 Å². The zero-order valence-electron chi connectivity index (χ0n) is 9.36. The fourth-order valence-corrected chi connectivity index (χ4v) is 1.26. The van der Waals surface area contributed by atoms with Crippen LogP contribution in [0.15, 0.2) is 12.3 Å². The molecule has 2 heterocycles. The van der Waals surface area contributed by atoms with Crippen molar-refractivity contribution in [2.45, 2.75) is 20.3 Å². The maximum absolute atomic E-state index is 4.28. The van der Waals surface area contributed by atoms with E-state index in [0.717, 1.165) is 30.0 Å². The lowest BCUT2D eigenvalue weighted by molar-refractivity contribution is 0.866. The summed E-state index contributed by atoms with van der Waals surface area (Å²) in [4.78, 5) is 4.28. The van der Waals surface area contributed by atoms with Crippen molar-refractivity contribution in [1.82, 2.24) is 25.4 Å². The van der Waals surface area contributed by atoms with Gasteiger partial charge in [0.05, 0.1) is 11.4 Å². The number of nitrogens with one attached hydrogen (secondary N) is 2. The van der Waals surface area contributed by atoms with Crippen molar-refractivity contribution in [3.05, 3.63) is 29.3 Å². The van der Waals surface area contributed by atoms with Crippen molar-refractivity contribution in [2.24, 2.45) is 0 Å². The summed E-state index contributed by atoms with van der Waals surface area (Å²) < 4.78 is 0. The lowest BCUT2D eigenvalue weighted by Gasteiger charge is -2.04. The van der Waals surface area contributed by atoms with Crippen LogP contribution in [-0.2, 0) is 6.42 Å². The molecule has 2 rings (SSSR count). The highest BCUT2D eigenvalue weighted by Crippen LogP contribution is 2.02. The minimum absolute atomic E-state index is 0.572. The highest BCUT2D eigenvalue weighted by atomic mass is 15.2. The Labute approximate surface area is 93.5 Å². The Hall–Kier alpha value is -1.98. The zero-order chi connectivity index (χ0) is 11.4. The van der Waals surface area contributed by atoms with Crippen LogP contribution in [0.5, 0.6) is 0 Å². The fraction of sp³-hybridized carbons (Fsp3) is 0.400. The molecule has 0 aliphatic carbocycles. The van der Waals surface area contributed by atoms with Crippen LogP contribution in [0, 0.1) is 13.8 Å². The maximum atomic E-state index is 4.28. The molecule has 0 spiro atoms. The van der Waals surface area contributed by atoms with E-state index in [1.54, 1.807) is 6.20 Å². The van der Waals surface area contributed by atoms with Crippen LogP contribution in [-0.4, -0.2) is 31.9 Å². The van der Waals surface area contributed by atoms with Gasteiger partial charge >= 0.3 is 0 Å². The highest BCUT2D eigenvalue weighted by Gasteiger charge is 2.00. The first-order valence-corrected chi connectivity index (χ1v) is 5.16. The van der Waals surface area contributed by atoms with Crippen LogP contribution in [0.1, 0.15) is 17.1 Å². The molecule has 16 heavy (non-hydrogen) atoms. The van der Waals surface area contributed by atoms with Gasteiger partial charge in [-0.1, -0.05) is 0 Å². The van der Waals surface area contributed by atoms with Crippen LogP contribution in [0.3, 0.4) is 0 Å². The third-order valence-corrected chi connectivity index (χ3v) is 2.33. The number of rotatable bonds is 4. The average molecular weight is 218 g/mol. The Morgan fingerprint density at radius 3 is 2.81 bits per heavy atom. The van der Waals surface area contributed by atoms with Crippen molar-refractivity contribution in [1.29, 1.82) is 0 Å². The number of aryl methyl sites for hydroxylation is 2. The van der Waals surface area contributed by atoms with Gasteiger partial charge in [0.25, 0.3) is 0 Å². The van der Waals surface area contributed by atoms with Gasteiger partial charge in [-0.15, -0.1) is 5.10 Å². The van der Waals surface area contributed by atoms with Gasteiger partial charge in [0.15, 0.2) is 0 Å². The van der Waals surface area contributed by atoms with Gasteiger partial charge in [-0.3, -0.25) is 5.10 Å². The molecule has 0 bridgehead atoms. The molecule has 0 atom stereocenters. The molecule has 0 saturated heterocycles. The number of aromatic amines is 1. The van der Waals surface area contributed by atoms with E-state index in [4.69, 9.17) is 0 Å². The van der Waals surface area contributed by atoms with Crippen molar-refractivity contribution < 1.29 is 0 Å². The van der Waals surface area contributed by atoms with E-state index in [2.05, 4.69) is 30.7 Å². The summed E-state index contributed by atoms with van der Waals surface area (Å²) >= 11 is 0. The van der Waals surface area contributed by atoms with E-state index in [-0.39, 0.29) is 0 Å². The first kappa shape index (κ1) is 10.5. The van der Waals surface area contributed by atoms with E-state index in [1.165, 1.54) is 0 Å². The third kappa shape index (κ3) is 2.53. The van der Waals surface area contributed by atoms with Gasteiger partial charge in [0, 0.05) is 24.9 Å². The SMILES string of the molecule is Cc1nnc(NCCc2ccn[nH]2)nc1C. The molecule has 0 unspecified atom stereocenters. The van der Waals surface area contributed by atoms with Crippen molar-refractivity contribution in [3.63, 3.8) is 0 Å². The van der Waals surface area contributed by atoms with E-state index < -0.39 is 0 Å². The minimum Gasteiger partial charge on any atom is -0.353 e. The zero-order valence-corrected chi connectivity index (χ0v) is 9.36. The lowest BCUT2D eigenvalue weighted by atomic mass is 10.3. The standard InChI is InChI=1S/C10H14N6/c1-7-8(2)14-16-10(13-7)11-5-3-9-4-6-12-15-9/h4,6H,3,5H2,1-2H3,(H,12,15)(H,11,13,16). The summed E-state index contributed by atoms with van der Waals surface area (Å²) in [6, 6.07) is 1.95. The predicted octanol–water partition coefficient (Wildman–Crippen LogP) is 0.866. The minimum atomic E-state index is 0.572. The monoisotopic (exact) mass is 218 g/mol. The second kappa shape index (κ2) is 4.69. The van der Waals surface area contributed by atoms with Crippen molar-refractivity contribution in [2.75, 3.05) is 11.9 Å². The number of aromatic nitrogens is 5. The Balaban J connectivity index is 1.87. The van der Waals surface area contributed by atoms with Gasteiger partial charge in [0.1, 0.15) is 0 Å². The second-order valence-electron chi connectivity index (χ2n) is 3.56. The summed E-state index contributed by atoms with van der Waals surface area (Å²) in [6.07, 6.45) is 2.60. The Kier molecular flexibility index (Phi) is 3.09. The largest absolute Gasteiger partial charge is 0.353 e. The molecule has 0 aliphatic rings. The Morgan fingerprint density at radius 1 is 1.25 bits per heavy atom. The van der Waals surface area contributed by atoms with Crippen LogP contribution in [0.4, 0.5) is 5.95 Å². The Bertz CT molecular complexity index is 450. The maximum Gasteiger partial charge on any atom is 0.242 e.